The molecule has 0 aliphatic carbocycles. The number of amides is 1. The molecule has 102 valence electrons. The molecule has 0 atom stereocenters. The summed E-state index contributed by atoms with van der Waals surface area (Å²) in [4.78, 5) is 11.4. The highest BCUT2D eigenvalue weighted by molar-refractivity contribution is 5.93. The lowest BCUT2D eigenvalue weighted by atomic mass is 10.2. The Hall–Kier alpha value is -2.09. The minimum absolute atomic E-state index is 0.00495. The van der Waals surface area contributed by atoms with Crippen molar-refractivity contribution in [1.82, 2.24) is 0 Å². The molecule has 19 heavy (non-hydrogen) atoms. The van der Waals surface area contributed by atoms with E-state index in [0.29, 0.717) is 5.75 Å². The van der Waals surface area contributed by atoms with Crippen molar-refractivity contribution in [3.05, 3.63) is 24.0 Å². The highest BCUT2D eigenvalue weighted by Gasteiger charge is 2.15. The maximum Gasteiger partial charge on any atom is 0.238 e. The SMILES string of the molecule is CCC(CC)Oc1cccc(F)c1NC(=O)CC#N. The van der Waals surface area contributed by atoms with Crippen molar-refractivity contribution in [3.63, 3.8) is 0 Å². The molecule has 0 aliphatic heterocycles. The second kappa shape index (κ2) is 7.37. The van der Waals surface area contributed by atoms with Crippen LogP contribution in [0.15, 0.2) is 18.2 Å². The lowest BCUT2D eigenvalue weighted by molar-refractivity contribution is -0.115. The van der Waals surface area contributed by atoms with E-state index in [-0.39, 0.29) is 18.2 Å². The average molecular weight is 264 g/mol. The number of hydrogen-bond donors (Lipinski definition) is 1. The number of para-hydroxylation sites is 1. The van der Waals surface area contributed by atoms with Gasteiger partial charge in [0.2, 0.25) is 5.91 Å². The van der Waals surface area contributed by atoms with Crippen LogP contribution < -0.4 is 10.1 Å². The van der Waals surface area contributed by atoms with Gasteiger partial charge in [0.15, 0.2) is 5.82 Å². The molecule has 0 spiro atoms. The molecule has 0 unspecified atom stereocenters. The quantitative estimate of drug-likeness (QED) is 0.857. The lowest BCUT2D eigenvalue weighted by Gasteiger charge is -2.18. The molecule has 0 aromatic heterocycles. The summed E-state index contributed by atoms with van der Waals surface area (Å²) in [5.41, 5.74) is -0.00495. The van der Waals surface area contributed by atoms with Crippen LogP contribution in [0.25, 0.3) is 0 Å². The lowest BCUT2D eigenvalue weighted by Crippen LogP contribution is -2.17. The number of nitriles is 1. The topological polar surface area (TPSA) is 62.1 Å². The van der Waals surface area contributed by atoms with Crippen LogP contribution in [0, 0.1) is 17.1 Å². The Morgan fingerprint density at radius 2 is 2.16 bits per heavy atom. The first-order valence-electron chi connectivity index (χ1n) is 6.24. The zero-order valence-corrected chi connectivity index (χ0v) is 11.1. The molecule has 1 amide bonds. The summed E-state index contributed by atoms with van der Waals surface area (Å²) in [6, 6.07) is 6.07. The summed E-state index contributed by atoms with van der Waals surface area (Å²) in [5, 5.41) is 10.8. The summed E-state index contributed by atoms with van der Waals surface area (Å²) < 4.78 is 19.4. The third kappa shape index (κ3) is 4.25. The Kier molecular flexibility index (Phi) is 5.80. The first kappa shape index (κ1) is 15.0. The van der Waals surface area contributed by atoms with Crippen LogP contribution in [0.5, 0.6) is 5.75 Å². The van der Waals surface area contributed by atoms with Crippen molar-refractivity contribution in [2.45, 2.75) is 39.2 Å². The minimum Gasteiger partial charge on any atom is -0.488 e. The van der Waals surface area contributed by atoms with E-state index in [2.05, 4.69) is 5.32 Å². The minimum atomic E-state index is -0.574. The largest absolute Gasteiger partial charge is 0.488 e. The van der Waals surface area contributed by atoms with Gasteiger partial charge < -0.3 is 10.1 Å². The number of carbonyl (C=O) groups is 1. The van der Waals surface area contributed by atoms with Crippen molar-refractivity contribution in [1.29, 1.82) is 5.26 Å². The highest BCUT2D eigenvalue weighted by atomic mass is 19.1. The Bertz CT molecular complexity index is 479. The van der Waals surface area contributed by atoms with Gasteiger partial charge in [-0.05, 0) is 25.0 Å². The molecule has 0 radical (unpaired) electrons. The number of hydrogen-bond acceptors (Lipinski definition) is 3. The van der Waals surface area contributed by atoms with E-state index in [1.165, 1.54) is 12.1 Å². The number of rotatable bonds is 6. The van der Waals surface area contributed by atoms with Crippen molar-refractivity contribution in [2.24, 2.45) is 0 Å². The number of benzene rings is 1. The standard InChI is InChI=1S/C14H17FN2O2/c1-3-10(4-2)19-12-7-5-6-11(15)14(12)17-13(18)8-9-16/h5-7,10H,3-4,8H2,1-2H3,(H,17,18). The molecule has 5 heteroatoms. The van der Waals surface area contributed by atoms with E-state index in [9.17, 15) is 9.18 Å². The van der Waals surface area contributed by atoms with Gasteiger partial charge in [0.05, 0.1) is 12.2 Å². The number of carbonyl (C=O) groups excluding carboxylic acids is 1. The van der Waals surface area contributed by atoms with Crippen LogP contribution in [-0.2, 0) is 4.79 Å². The smallest absolute Gasteiger partial charge is 0.238 e. The van der Waals surface area contributed by atoms with Crippen LogP contribution in [-0.4, -0.2) is 12.0 Å². The van der Waals surface area contributed by atoms with Crippen molar-refractivity contribution < 1.29 is 13.9 Å². The van der Waals surface area contributed by atoms with E-state index >= 15 is 0 Å². The van der Waals surface area contributed by atoms with Crippen molar-refractivity contribution in [2.75, 3.05) is 5.32 Å². The zero-order chi connectivity index (χ0) is 14.3. The van der Waals surface area contributed by atoms with Gasteiger partial charge in [-0.2, -0.15) is 5.26 Å². The molecular weight excluding hydrogens is 247 g/mol. The molecule has 4 nitrogen and oxygen atoms in total. The summed E-state index contributed by atoms with van der Waals surface area (Å²) in [5.74, 6) is -0.836. The third-order valence-corrected chi connectivity index (χ3v) is 2.68. The van der Waals surface area contributed by atoms with E-state index < -0.39 is 11.7 Å². The number of halogens is 1. The maximum atomic E-state index is 13.7. The fraction of sp³-hybridized carbons (Fsp3) is 0.429. The van der Waals surface area contributed by atoms with Gasteiger partial charge in [0, 0.05) is 0 Å². The molecule has 0 saturated carbocycles. The van der Waals surface area contributed by atoms with Crippen LogP contribution in [0.4, 0.5) is 10.1 Å². The first-order valence-corrected chi connectivity index (χ1v) is 6.24. The van der Waals surface area contributed by atoms with Gasteiger partial charge >= 0.3 is 0 Å². The van der Waals surface area contributed by atoms with Gasteiger partial charge in [-0.1, -0.05) is 19.9 Å². The van der Waals surface area contributed by atoms with Crippen molar-refractivity contribution in [3.8, 4) is 11.8 Å². The van der Waals surface area contributed by atoms with E-state index in [0.717, 1.165) is 12.8 Å². The fourth-order valence-corrected chi connectivity index (χ4v) is 1.61. The molecule has 0 bridgehead atoms. The molecule has 1 aromatic rings. The molecule has 1 N–H and O–H groups in total. The molecule has 0 heterocycles. The summed E-state index contributed by atoms with van der Waals surface area (Å²) >= 11 is 0. The van der Waals surface area contributed by atoms with E-state index in [1.807, 2.05) is 13.8 Å². The summed E-state index contributed by atoms with van der Waals surface area (Å²) in [7, 11) is 0. The molecule has 0 aliphatic rings. The Morgan fingerprint density at radius 3 is 2.74 bits per heavy atom. The molecule has 1 rings (SSSR count). The molecular formula is C14H17FN2O2. The molecule has 0 saturated heterocycles. The number of anilines is 1. The third-order valence-electron chi connectivity index (χ3n) is 2.68. The number of nitrogens with one attached hydrogen (secondary N) is 1. The van der Waals surface area contributed by atoms with Crippen LogP contribution in [0.3, 0.4) is 0 Å². The first-order chi connectivity index (χ1) is 9.12. The second-order valence-corrected chi connectivity index (χ2v) is 4.05. The average Bonchev–Trinajstić information content (AvgIpc) is 2.39. The monoisotopic (exact) mass is 264 g/mol. The number of ether oxygens (including phenoxy) is 1. The van der Waals surface area contributed by atoms with E-state index in [1.54, 1.807) is 12.1 Å². The van der Waals surface area contributed by atoms with Gasteiger partial charge in [0.25, 0.3) is 0 Å². The normalized spacial score (nSPS) is 10.1. The summed E-state index contributed by atoms with van der Waals surface area (Å²) in [6.07, 6.45) is 1.23. The van der Waals surface area contributed by atoms with Gasteiger partial charge in [-0.15, -0.1) is 0 Å². The van der Waals surface area contributed by atoms with Gasteiger partial charge in [0.1, 0.15) is 17.9 Å². The van der Waals surface area contributed by atoms with Crippen molar-refractivity contribution >= 4 is 11.6 Å². The Labute approximate surface area is 112 Å². The highest BCUT2D eigenvalue weighted by Crippen LogP contribution is 2.29. The van der Waals surface area contributed by atoms with Crippen LogP contribution in [0.2, 0.25) is 0 Å². The molecule has 0 fully saturated rings. The second-order valence-electron chi connectivity index (χ2n) is 4.05. The van der Waals surface area contributed by atoms with Crippen LogP contribution in [0.1, 0.15) is 33.1 Å². The predicted octanol–water partition coefficient (Wildman–Crippen LogP) is 3.25. The van der Waals surface area contributed by atoms with Gasteiger partial charge in [-0.25, -0.2) is 4.39 Å². The fourth-order valence-electron chi connectivity index (χ4n) is 1.61. The zero-order valence-electron chi connectivity index (χ0n) is 11.1. The summed E-state index contributed by atoms with van der Waals surface area (Å²) in [6.45, 7) is 3.95. The maximum absolute atomic E-state index is 13.7. The Balaban J connectivity index is 2.95. The molecule has 1 aromatic carbocycles. The predicted molar refractivity (Wildman–Crippen MR) is 70.3 cm³/mol. The van der Waals surface area contributed by atoms with Gasteiger partial charge in [-0.3, -0.25) is 4.79 Å². The van der Waals surface area contributed by atoms with Crippen LogP contribution >= 0.6 is 0 Å². The van der Waals surface area contributed by atoms with E-state index in [4.69, 9.17) is 10.00 Å². The number of nitrogens with zero attached hydrogens (tertiary/aromatic N) is 1. The Morgan fingerprint density at radius 1 is 1.47 bits per heavy atom.